The van der Waals surface area contributed by atoms with Crippen LogP contribution in [0.1, 0.15) is 34.3 Å². The van der Waals surface area contributed by atoms with Crippen LogP contribution in [0.3, 0.4) is 0 Å². The summed E-state index contributed by atoms with van der Waals surface area (Å²) in [5.74, 6) is -0.550. The fourth-order valence-corrected chi connectivity index (χ4v) is 5.04. The van der Waals surface area contributed by atoms with E-state index in [9.17, 15) is 13.2 Å². The van der Waals surface area contributed by atoms with Gasteiger partial charge in [-0.05, 0) is 43.0 Å². The second kappa shape index (κ2) is 10.2. The van der Waals surface area contributed by atoms with Crippen LogP contribution in [0.2, 0.25) is 0 Å². The Morgan fingerprint density at radius 1 is 1.14 bits per heavy atom. The molecule has 158 valence electrons. The summed E-state index contributed by atoms with van der Waals surface area (Å²) in [6, 6.07) is 14.7. The number of benzene rings is 2. The van der Waals surface area contributed by atoms with Crippen LogP contribution in [0.15, 0.2) is 53.4 Å². The summed E-state index contributed by atoms with van der Waals surface area (Å²) in [5.41, 5.74) is 2.09. The molecule has 0 saturated carbocycles. The van der Waals surface area contributed by atoms with Gasteiger partial charge in [0, 0.05) is 25.7 Å². The molecular formula is C21H27ClN2O4S. The average Bonchev–Trinajstić information content (AvgIpc) is 2.69. The zero-order valence-corrected chi connectivity index (χ0v) is 18.3. The van der Waals surface area contributed by atoms with Crippen molar-refractivity contribution in [1.82, 2.24) is 9.62 Å². The van der Waals surface area contributed by atoms with Gasteiger partial charge in [-0.3, -0.25) is 4.90 Å². The molecule has 3 rings (SSSR count). The van der Waals surface area contributed by atoms with Crippen LogP contribution in [-0.4, -0.2) is 45.5 Å². The second-order valence-electron chi connectivity index (χ2n) is 7.13. The Kier molecular flexibility index (Phi) is 8.22. The molecule has 0 atom stereocenters. The van der Waals surface area contributed by atoms with Gasteiger partial charge in [0.05, 0.1) is 17.6 Å². The van der Waals surface area contributed by atoms with Gasteiger partial charge < -0.3 is 4.74 Å². The van der Waals surface area contributed by atoms with E-state index in [1.54, 1.807) is 19.1 Å². The van der Waals surface area contributed by atoms with Crippen molar-refractivity contribution in [3.8, 4) is 0 Å². The van der Waals surface area contributed by atoms with Crippen LogP contribution in [0.25, 0.3) is 0 Å². The summed E-state index contributed by atoms with van der Waals surface area (Å²) >= 11 is 0. The fourth-order valence-electron chi connectivity index (χ4n) is 3.47. The van der Waals surface area contributed by atoms with Crippen molar-refractivity contribution >= 4 is 28.4 Å². The molecule has 8 heteroatoms. The van der Waals surface area contributed by atoms with Gasteiger partial charge in [0.25, 0.3) is 0 Å². The Hall–Kier alpha value is -1.93. The maximum Gasteiger partial charge on any atom is 0.337 e. The van der Waals surface area contributed by atoms with E-state index in [2.05, 4.69) is 21.8 Å². The maximum absolute atomic E-state index is 12.9. The Morgan fingerprint density at radius 2 is 1.79 bits per heavy atom. The molecular weight excluding hydrogens is 412 g/mol. The molecule has 29 heavy (non-hydrogen) atoms. The number of hydrogen-bond donors (Lipinski definition) is 1. The largest absolute Gasteiger partial charge is 0.465 e. The molecule has 1 heterocycles. The molecule has 1 fully saturated rings. The van der Waals surface area contributed by atoms with Gasteiger partial charge in [0.15, 0.2) is 0 Å². The fraction of sp³-hybridized carbons (Fsp3) is 0.381. The lowest BCUT2D eigenvalue weighted by molar-refractivity contribution is 0.0600. The van der Waals surface area contributed by atoms with Crippen molar-refractivity contribution in [2.24, 2.45) is 0 Å². The first kappa shape index (κ1) is 23.3. The number of ether oxygens (including phenoxy) is 1. The zero-order chi connectivity index (χ0) is 20.1. The molecule has 2 aromatic carbocycles. The highest BCUT2D eigenvalue weighted by Crippen LogP contribution is 2.21. The predicted molar refractivity (Wildman–Crippen MR) is 115 cm³/mol. The van der Waals surface area contributed by atoms with Crippen LogP contribution in [0.5, 0.6) is 0 Å². The number of sulfonamides is 1. The summed E-state index contributed by atoms with van der Waals surface area (Å²) in [5, 5.41) is 0. The topological polar surface area (TPSA) is 75.7 Å². The van der Waals surface area contributed by atoms with E-state index in [-0.39, 0.29) is 28.9 Å². The van der Waals surface area contributed by atoms with Gasteiger partial charge in [0.1, 0.15) is 0 Å². The minimum atomic E-state index is -3.71. The quantitative estimate of drug-likeness (QED) is 0.701. The predicted octanol–water partition coefficient (Wildman–Crippen LogP) is 3.15. The molecule has 0 bridgehead atoms. The molecule has 0 spiro atoms. The highest BCUT2D eigenvalue weighted by molar-refractivity contribution is 7.89. The second-order valence-corrected chi connectivity index (χ2v) is 8.81. The molecule has 1 N–H and O–H groups in total. The summed E-state index contributed by atoms with van der Waals surface area (Å²) in [6.45, 7) is 4.27. The molecule has 0 radical (unpaired) electrons. The van der Waals surface area contributed by atoms with E-state index in [1.165, 1.54) is 18.7 Å². The van der Waals surface area contributed by atoms with Crippen molar-refractivity contribution in [3.63, 3.8) is 0 Å². The number of likely N-dealkylation sites (tertiary alicyclic amines) is 1. The van der Waals surface area contributed by atoms with Gasteiger partial charge in [-0.25, -0.2) is 17.9 Å². The SMILES string of the molecule is COC(=O)c1ccc(C)c(S(=O)(=O)NC2CCN(Cc3ccccc3)CC2)c1.Cl. The number of nitrogens with zero attached hydrogens (tertiary/aromatic N) is 1. The summed E-state index contributed by atoms with van der Waals surface area (Å²) < 4.78 is 33.3. The van der Waals surface area contributed by atoms with Gasteiger partial charge in [-0.1, -0.05) is 36.4 Å². The van der Waals surface area contributed by atoms with Crippen LogP contribution in [0, 0.1) is 6.92 Å². The molecule has 0 aliphatic carbocycles. The highest BCUT2D eigenvalue weighted by Gasteiger charge is 2.26. The van der Waals surface area contributed by atoms with E-state index >= 15 is 0 Å². The zero-order valence-electron chi connectivity index (χ0n) is 16.6. The number of halogens is 1. The van der Waals surface area contributed by atoms with Crippen molar-refractivity contribution in [2.75, 3.05) is 20.2 Å². The number of carbonyl (C=O) groups excluding carboxylic acids is 1. The Labute approximate surface area is 178 Å². The van der Waals surface area contributed by atoms with E-state index < -0.39 is 16.0 Å². The van der Waals surface area contributed by atoms with E-state index in [4.69, 9.17) is 4.74 Å². The monoisotopic (exact) mass is 438 g/mol. The highest BCUT2D eigenvalue weighted by atomic mass is 35.5. The molecule has 6 nitrogen and oxygen atoms in total. The number of piperidine rings is 1. The molecule has 2 aromatic rings. The third kappa shape index (κ3) is 6.02. The average molecular weight is 439 g/mol. The summed E-state index contributed by atoms with van der Waals surface area (Å²) in [7, 11) is -2.43. The minimum absolute atomic E-state index is 0. The van der Waals surface area contributed by atoms with Crippen molar-refractivity contribution in [2.45, 2.75) is 37.2 Å². The van der Waals surface area contributed by atoms with Gasteiger partial charge in [0.2, 0.25) is 10.0 Å². The van der Waals surface area contributed by atoms with Gasteiger partial charge in [-0.2, -0.15) is 0 Å². The van der Waals surface area contributed by atoms with Crippen LogP contribution in [0.4, 0.5) is 0 Å². The molecule has 0 unspecified atom stereocenters. The van der Waals surface area contributed by atoms with Crippen molar-refractivity contribution in [3.05, 3.63) is 65.2 Å². The van der Waals surface area contributed by atoms with Crippen LogP contribution < -0.4 is 4.72 Å². The first-order valence-corrected chi connectivity index (χ1v) is 10.8. The number of nitrogens with one attached hydrogen (secondary N) is 1. The number of rotatable bonds is 6. The lowest BCUT2D eigenvalue weighted by Gasteiger charge is -2.32. The van der Waals surface area contributed by atoms with Gasteiger partial charge >= 0.3 is 5.97 Å². The van der Waals surface area contributed by atoms with Crippen LogP contribution in [-0.2, 0) is 21.3 Å². The van der Waals surface area contributed by atoms with E-state index in [1.807, 2.05) is 18.2 Å². The summed E-state index contributed by atoms with van der Waals surface area (Å²) in [4.78, 5) is 14.2. The van der Waals surface area contributed by atoms with Gasteiger partial charge in [-0.15, -0.1) is 12.4 Å². The smallest absolute Gasteiger partial charge is 0.337 e. The third-order valence-electron chi connectivity index (χ3n) is 5.06. The molecule has 1 saturated heterocycles. The van der Waals surface area contributed by atoms with Crippen molar-refractivity contribution in [1.29, 1.82) is 0 Å². The Bertz CT molecular complexity index is 927. The molecule has 0 amide bonds. The molecule has 1 aliphatic rings. The van der Waals surface area contributed by atoms with E-state index in [0.29, 0.717) is 5.56 Å². The first-order chi connectivity index (χ1) is 13.4. The lowest BCUT2D eigenvalue weighted by Crippen LogP contribution is -2.44. The van der Waals surface area contributed by atoms with Crippen molar-refractivity contribution < 1.29 is 17.9 Å². The molecule has 1 aliphatic heterocycles. The number of aryl methyl sites for hydroxylation is 1. The van der Waals surface area contributed by atoms with Crippen LogP contribution >= 0.6 is 12.4 Å². The Morgan fingerprint density at radius 3 is 2.41 bits per heavy atom. The number of esters is 1. The number of hydrogen-bond acceptors (Lipinski definition) is 5. The first-order valence-electron chi connectivity index (χ1n) is 9.36. The normalized spacial score (nSPS) is 15.5. The Balaban J connectivity index is 0.00000300. The molecule has 0 aromatic heterocycles. The maximum atomic E-state index is 12.9. The third-order valence-corrected chi connectivity index (χ3v) is 6.72. The number of methoxy groups -OCH3 is 1. The summed E-state index contributed by atoms with van der Waals surface area (Å²) in [6.07, 6.45) is 1.50. The minimum Gasteiger partial charge on any atom is -0.465 e. The standard InChI is InChI=1S/C21H26N2O4S.ClH/c1-16-8-9-18(21(24)27-2)14-20(16)28(25,26)22-19-10-12-23(13-11-19)15-17-6-4-3-5-7-17;/h3-9,14,19,22H,10-13,15H2,1-2H3;1H. The number of carbonyl (C=O) groups is 1. The van der Waals surface area contributed by atoms with E-state index in [0.717, 1.165) is 32.5 Å². The lowest BCUT2D eigenvalue weighted by atomic mass is 10.1.